The topological polar surface area (TPSA) is 72.0 Å². The molecule has 0 spiro atoms. The zero-order chi connectivity index (χ0) is 14.0. The maximum absolute atomic E-state index is 5.52. The second-order valence-electron chi connectivity index (χ2n) is 5.95. The first kappa shape index (κ1) is 13.8. The zero-order valence-corrected chi connectivity index (χ0v) is 12.3. The summed E-state index contributed by atoms with van der Waals surface area (Å²) in [5, 5.41) is 6.19. The normalized spacial score (nSPS) is 20.2. The van der Waals surface area contributed by atoms with E-state index in [9.17, 15) is 0 Å². The number of hydrogen-bond donors (Lipinski definition) is 2. The lowest BCUT2D eigenvalue weighted by atomic mass is 10.1. The van der Waals surface area contributed by atoms with Gasteiger partial charge >= 0.3 is 6.01 Å². The lowest BCUT2D eigenvalue weighted by Gasteiger charge is -2.11. The SMILES string of the molecule is CNc1nc(NCC2CC2(C)C)nc(OC(C)C)n1. The van der Waals surface area contributed by atoms with Crippen molar-refractivity contribution >= 4 is 11.9 Å². The third kappa shape index (κ3) is 3.68. The Hall–Kier alpha value is -1.59. The van der Waals surface area contributed by atoms with Gasteiger partial charge in [-0.3, -0.25) is 0 Å². The third-order valence-electron chi connectivity index (χ3n) is 3.40. The number of aromatic nitrogens is 3. The van der Waals surface area contributed by atoms with E-state index in [4.69, 9.17) is 4.74 Å². The van der Waals surface area contributed by atoms with Crippen molar-refractivity contribution < 1.29 is 4.74 Å². The molecule has 1 atom stereocenters. The Morgan fingerprint density at radius 2 is 1.89 bits per heavy atom. The van der Waals surface area contributed by atoms with Gasteiger partial charge in [-0.2, -0.15) is 15.0 Å². The first-order valence-electron chi connectivity index (χ1n) is 6.75. The van der Waals surface area contributed by atoms with Crippen molar-refractivity contribution in [1.82, 2.24) is 15.0 Å². The highest BCUT2D eigenvalue weighted by Crippen LogP contribution is 2.51. The van der Waals surface area contributed by atoms with Crippen molar-refractivity contribution in [2.75, 3.05) is 24.2 Å². The van der Waals surface area contributed by atoms with Crippen LogP contribution in [0.3, 0.4) is 0 Å². The van der Waals surface area contributed by atoms with Gasteiger partial charge in [0.05, 0.1) is 6.10 Å². The van der Waals surface area contributed by atoms with Gasteiger partial charge in [0.1, 0.15) is 0 Å². The predicted molar refractivity (Wildman–Crippen MR) is 75.5 cm³/mol. The smallest absolute Gasteiger partial charge is 0.323 e. The van der Waals surface area contributed by atoms with Gasteiger partial charge < -0.3 is 15.4 Å². The second kappa shape index (κ2) is 5.19. The number of anilines is 2. The molecule has 6 nitrogen and oxygen atoms in total. The molecule has 1 heterocycles. The molecule has 19 heavy (non-hydrogen) atoms. The summed E-state index contributed by atoms with van der Waals surface area (Å²) in [5.41, 5.74) is 0.448. The molecule has 2 N–H and O–H groups in total. The Morgan fingerprint density at radius 3 is 2.42 bits per heavy atom. The standard InChI is InChI=1S/C13H23N5O/c1-8(2)19-12-17-10(14-5)16-11(18-12)15-7-9-6-13(9,3)4/h8-9H,6-7H2,1-5H3,(H2,14,15,16,17,18). The Balaban J connectivity index is 2.02. The van der Waals surface area contributed by atoms with Crippen LogP contribution in [0, 0.1) is 11.3 Å². The molecule has 1 aliphatic carbocycles. The van der Waals surface area contributed by atoms with E-state index in [2.05, 4.69) is 39.4 Å². The highest BCUT2D eigenvalue weighted by molar-refractivity contribution is 5.35. The minimum Gasteiger partial charge on any atom is -0.461 e. The van der Waals surface area contributed by atoms with Crippen molar-refractivity contribution in [2.24, 2.45) is 11.3 Å². The van der Waals surface area contributed by atoms with Crippen LogP contribution in [0.4, 0.5) is 11.9 Å². The van der Waals surface area contributed by atoms with Crippen LogP contribution < -0.4 is 15.4 Å². The maximum Gasteiger partial charge on any atom is 0.323 e. The van der Waals surface area contributed by atoms with Crippen LogP contribution in [0.1, 0.15) is 34.1 Å². The van der Waals surface area contributed by atoms with Gasteiger partial charge in [-0.1, -0.05) is 13.8 Å². The average Bonchev–Trinajstić information content (AvgIpc) is 2.93. The summed E-state index contributed by atoms with van der Waals surface area (Å²) < 4.78 is 5.52. The molecule has 0 bridgehead atoms. The summed E-state index contributed by atoms with van der Waals surface area (Å²) in [4.78, 5) is 12.7. The predicted octanol–water partition coefficient (Wildman–Crippen LogP) is 2.16. The first-order valence-corrected chi connectivity index (χ1v) is 6.75. The molecule has 6 heteroatoms. The molecular formula is C13H23N5O. The molecule has 0 saturated heterocycles. The molecule has 1 fully saturated rings. The van der Waals surface area contributed by atoms with Gasteiger partial charge in [-0.15, -0.1) is 0 Å². The van der Waals surface area contributed by atoms with E-state index in [-0.39, 0.29) is 6.10 Å². The highest BCUT2D eigenvalue weighted by Gasteiger charge is 2.45. The van der Waals surface area contributed by atoms with Crippen molar-refractivity contribution in [3.8, 4) is 6.01 Å². The van der Waals surface area contributed by atoms with Gasteiger partial charge in [0.2, 0.25) is 11.9 Å². The lowest BCUT2D eigenvalue weighted by molar-refractivity contribution is 0.222. The number of nitrogens with one attached hydrogen (secondary N) is 2. The molecular weight excluding hydrogens is 242 g/mol. The fourth-order valence-corrected chi connectivity index (χ4v) is 1.95. The summed E-state index contributed by atoms with van der Waals surface area (Å²) in [6.07, 6.45) is 1.29. The zero-order valence-electron chi connectivity index (χ0n) is 12.3. The summed E-state index contributed by atoms with van der Waals surface area (Å²) >= 11 is 0. The van der Waals surface area contributed by atoms with E-state index in [1.807, 2.05) is 13.8 Å². The van der Waals surface area contributed by atoms with Crippen LogP contribution in [0.25, 0.3) is 0 Å². The van der Waals surface area contributed by atoms with E-state index in [1.54, 1.807) is 7.05 Å². The Kier molecular flexibility index (Phi) is 3.78. The number of hydrogen-bond acceptors (Lipinski definition) is 6. The molecule has 1 unspecified atom stereocenters. The van der Waals surface area contributed by atoms with Crippen LogP contribution in [0.2, 0.25) is 0 Å². The van der Waals surface area contributed by atoms with E-state index < -0.39 is 0 Å². The van der Waals surface area contributed by atoms with Crippen molar-refractivity contribution in [1.29, 1.82) is 0 Å². The molecule has 2 rings (SSSR count). The van der Waals surface area contributed by atoms with Crippen LogP contribution in [-0.4, -0.2) is 34.6 Å². The van der Waals surface area contributed by atoms with Crippen molar-refractivity contribution in [2.45, 2.75) is 40.2 Å². The van der Waals surface area contributed by atoms with Crippen molar-refractivity contribution in [3.63, 3.8) is 0 Å². The largest absolute Gasteiger partial charge is 0.461 e. The second-order valence-corrected chi connectivity index (χ2v) is 5.95. The summed E-state index contributed by atoms with van der Waals surface area (Å²) in [6.45, 7) is 9.34. The van der Waals surface area contributed by atoms with Crippen LogP contribution >= 0.6 is 0 Å². The molecule has 1 aromatic rings. The van der Waals surface area contributed by atoms with Crippen LogP contribution in [-0.2, 0) is 0 Å². The number of rotatable bonds is 6. The monoisotopic (exact) mass is 265 g/mol. The molecule has 0 amide bonds. The summed E-state index contributed by atoms with van der Waals surface area (Å²) in [6, 6.07) is 0.354. The van der Waals surface area contributed by atoms with Crippen molar-refractivity contribution in [3.05, 3.63) is 0 Å². The van der Waals surface area contributed by atoms with E-state index >= 15 is 0 Å². The Labute approximate surface area is 114 Å². The Bertz CT molecular complexity index is 447. The average molecular weight is 265 g/mol. The van der Waals surface area contributed by atoms with Gasteiger partial charge in [-0.05, 0) is 31.6 Å². The first-order chi connectivity index (χ1) is 8.90. The molecule has 0 aliphatic heterocycles. The van der Waals surface area contributed by atoms with Gasteiger partial charge in [-0.25, -0.2) is 0 Å². The minimum absolute atomic E-state index is 0.0438. The van der Waals surface area contributed by atoms with E-state index in [0.717, 1.165) is 6.54 Å². The molecule has 106 valence electrons. The van der Waals surface area contributed by atoms with Gasteiger partial charge in [0, 0.05) is 13.6 Å². The maximum atomic E-state index is 5.52. The molecule has 1 saturated carbocycles. The molecule has 0 radical (unpaired) electrons. The van der Waals surface area contributed by atoms with Gasteiger partial charge in [0.15, 0.2) is 0 Å². The summed E-state index contributed by atoms with van der Waals surface area (Å²) in [5.74, 6) is 1.78. The molecule has 1 aliphatic rings. The number of nitrogens with zero attached hydrogens (tertiary/aromatic N) is 3. The molecule has 1 aromatic heterocycles. The fraction of sp³-hybridized carbons (Fsp3) is 0.769. The third-order valence-corrected chi connectivity index (χ3v) is 3.40. The molecule has 0 aromatic carbocycles. The quantitative estimate of drug-likeness (QED) is 0.821. The highest BCUT2D eigenvalue weighted by atomic mass is 16.5. The lowest BCUT2D eigenvalue weighted by Crippen LogP contribution is -2.14. The Morgan fingerprint density at radius 1 is 1.26 bits per heavy atom. The number of ether oxygens (including phenoxy) is 1. The van der Waals surface area contributed by atoms with Crippen LogP contribution in [0.15, 0.2) is 0 Å². The van der Waals surface area contributed by atoms with E-state index in [0.29, 0.717) is 29.2 Å². The van der Waals surface area contributed by atoms with E-state index in [1.165, 1.54) is 6.42 Å². The van der Waals surface area contributed by atoms with Crippen LogP contribution in [0.5, 0.6) is 6.01 Å². The summed E-state index contributed by atoms with van der Waals surface area (Å²) in [7, 11) is 1.78. The minimum atomic E-state index is 0.0438. The fourth-order valence-electron chi connectivity index (χ4n) is 1.95. The van der Waals surface area contributed by atoms with Gasteiger partial charge in [0.25, 0.3) is 0 Å².